The van der Waals surface area contributed by atoms with Gasteiger partial charge in [0.05, 0.1) is 12.3 Å². The molecule has 0 bridgehead atoms. The molecular formula is C29H37FN2O5. The topological polar surface area (TPSA) is 68.3 Å². The van der Waals surface area contributed by atoms with Crippen LogP contribution in [-0.2, 0) is 4.74 Å². The third-order valence-corrected chi connectivity index (χ3v) is 6.91. The van der Waals surface area contributed by atoms with Crippen LogP contribution in [0.5, 0.6) is 11.5 Å². The summed E-state index contributed by atoms with van der Waals surface area (Å²) < 4.78 is 33.9. The Labute approximate surface area is 218 Å². The molecule has 0 spiro atoms. The Morgan fingerprint density at radius 3 is 2.51 bits per heavy atom. The summed E-state index contributed by atoms with van der Waals surface area (Å²) in [5.74, 6) is -0.709. The van der Waals surface area contributed by atoms with Gasteiger partial charge in [0.2, 0.25) is 0 Å². The summed E-state index contributed by atoms with van der Waals surface area (Å²) in [5, 5.41) is 0. The minimum Gasteiger partial charge on any atom is -0.490 e. The molecule has 2 unspecified atom stereocenters. The van der Waals surface area contributed by atoms with E-state index in [1.54, 1.807) is 52.0 Å². The van der Waals surface area contributed by atoms with Crippen molar-refractivity contribution in [2.75, 3.05) is 31.6 Å². The maximum atomic E-state index is 16.3. The van der Waals surface area contributed by atoms with E-state index in [-0.39, 0.29) is 34.5 Å². The molecule has 2 heterocycles. The maximum absolute atomic E-state index is 16.3. The lowest BCUT2D eigenvalue weighted by Crippen LogP contribution is -2.45. The van der Waals surface area contributed by atoms with Gasteiger partial charge in [-0.3, -0.25) is 9.80 Å². The summed E-state index contributed by atoms with van der Waals surface area (Å²) in [7, 11) is 1.96. The summed E-state index contributed by atoms with van der Waals surface area (Å²) in [6.45, 7) is 10.4. The number of nitrogens with zero attached hydrogens (tertiary/aromatic N) is 2. The van der Waals surface area contributed by atoms with Gasteiger partial charge >= 0.3 is 12.1 Å². The van der Waals surface area contributed by atoms with Crippen molar-refractivity contribution >= 4 is 17.7 Å². The number of amides is 1. The molecule has 2 aromatic carbocycles. The number of likely N-dealkylation sites (tertiary alicyclic amines) is 1. The zero-order chi connectivity index (χ0) is 26.9. The zero-order valence-corrected chi connectivity index (χ0v) is 22.6. The highest BCUT2D eigenvalue weighted by molar-refractivity contribution is 6.02. The first-order valence-corrected chi connectivity index (χ1v) is 13.0. The van der Waals surface area contributed by atoms with Crippen LogP contribution < -0.4 is 14.4 Å². The van der Waals surface area contributed by atoms with Crippen molar-refractivity contribution in [2.24, 2.45) is 5.92 Å². The maximum Gasteiger partial charge on any atom is 0.414 e. The van der Waals surface area contributed by atoms with Gasteiger partial charge in [0.1, 0.15) is 22.7 Å². The van der Waals surface area contributed by atoms with E-state index in [1.165, 1.54) is 4.90 Å². The Bertz CT molecular complexity index is 1160. The summed E-state index contributed by atoms with van der Waals surface area (Å²) in [6, 6.07) is 8.40. The molecule has 7 nitrogen and oxygen atoms in total. The lowest BCUT2D eigenvalue weighted by Gasteiger charge is -2.41. The van der Waals surface area contributed by atoms with E-state index in [4.69, 9.17) is 14.2 Å². The van der Waals surface area contributed by atoms with Crippen LogP contribution in [0.3, 0.4) is 0 Å². The first-order chi connectivity index (χ1) is 17.5. The van der Waals surface area contributed by atoms with Gasteiger partial charge in [0.25, 0.3) is 0 Å². The average Bonchev–Trinajstić information content (AvgIpc) is 3.21. The Balaban J connectivity index is 1.92. The Kier molecular flexibility index (Phi) is 7.78. The molecule has 2 aromatic rings. The predicted octanol–water partition coefficient (Wildman–Crippen LogP) is 6.28. The highest BCUT2D eigenvalue weighted by atomic mass is 19.1. The van der Waals surface area contributed by atoms with Crippen molar-refractivity contribution in [3.8, 4) is 11.5 Å². The van der Waals surface area contributed by atoms with E-state index >= 15 is 4.39 Å². The van der Waals surface area contributed by atoms with Crippen molar-refractivity contribution in [3.63, 3.8) is 0 Å². The summed E-state index contributed by atoms with van der Waals surface area (Å²) in [4.78, 5) is 30.6. The van der Waals surface area contributed by atoms with Gasteiger partial charge in [0.15, 0.2) is 5.75 Å². The van der Waals surface area contributed by atoms with E-state index in [0.29, 0.717) is 24.5 Å². The Hall–Kier alpha value is -3.13. The number of hydrogen-bond donors (Lipinski definition) is 0. The van der Waals surface area contributed by atoms with Crippen LogP contribution in [0.2, 0.25) is 0 Å². The number of fused-ring (bicyclic) bond motifs is 3. The molecule has 1 amide bonds. The van der Waals surface area contributed by atoms with Crippen molar-refractivity contribution < 1.29 is 28.2 Å². The molecule has 8 heteroatoms. The van der Waals surface area contributed by atoms with Crippen LogP contribution in [0.25, 0.3) is 0 Å². The second-order valence-electron chi connectivity index (χ2n) is 10.9. The van der Waals surface area contributed by atoms with Gasteiger partial charge < -0.3 is 14.2 Å². The lowest BCUT2D eigenvalue weighted by molar-refractivity contribution is 0.0562. The summed E-state index contributed by atoms with van der Waals surface area (Å²) >= 11 is 0. The zero-order valence-electron chi connectivity index (χ0n) is 22.6. The number of anilines is 1. The highest BCUT2D eigenvalue weighted by Crippen LogP contribution is 2.52. The van der Waals surface area contributed by atoms with Gasteiger partial charge in [-0.15, -0.1) is 0 Å². The first kappa shape index (κ1) is 26.9. The number of halogens is 1. The van der Waals surface area contributed by atoms with Crippen LogP contribution in [0.15, 0.2) is 30.3 Å². The second-order valence-corrected chi connectivity index (χ2v) is 10.9. The van der Waals surface area contributed by atoms with Crippen molar-refractivity contribution in [1.29, 1.82) is 0 Å². The molecule has 37 heavy (non-hydrogen) atoms. The van der Waals surface area contributed by atoms with E-state index in [0.717, 1.165) is 25.8 Å². The van der Waals surface area contributed by atoms with Crippen molar-refractivity contribution in [1.82, 2.24) is 4.90 Å². The summed E-state index contributed by atoms with van der Waals surface area (Å²) in [6.07, 6.45) is 1.83. The molecular weight excluding hydrogens is 475 g/mol. The Morgan fingerprint density at radius 1 is 1.16 bits per heavy atom. The fourth-order valence-corrected chi connectivity index (χ4v) is 5.20. The molecule has 1 fully saturated rings. The number of esters is 1. The third kappa shape index (κ3) is 5.44. The first-order valence-electron chi connectivity index (χ1n) is 13.0. The third-order valence-electron chi connectivity index (χ3n) is 6.91. The minimum absolute atomic E-state index is 0.0103. The normalized spacial score (nSPS) is 19.3. The van der Waals surface area contributed by atoms with Crippen LogP contribution >= 0.6 is 0 Å². The van der Waals surface area contributed by atoms with E-state index < -0.39 is 23.5 Å². The van der Waals surface area contributed by atoms with Gasteiger partial charge in [-0.25, -0.2) is 14.0 Å². The monoisotopic (exact) mass is 512 g/mol. The second kappa shape index (κ2) is 10.7. The number of rotatable bonds is 6. The number of benzene rings is 2. The number of carbonyl (C=O) groups is 2. The quantitative estimate of drug-likeness (QED) is 0.258. The van der Waals surface area contributed by atoms with Crippen molar-refractivity contribution in [2.45, 2.75) is 65.5 Å². The predicted molar refractivity (Wildman–Crippen MR) is 140 cm³/mol. The van der Waals surface area contributed by atoms with Crippen LogP contribution in [0.1, 0.15) is 74.5 Å². The molecule has 0 saturated carbocycles. The molecule has 0 N–H and O–H groups in total. The fraction of sp³-hybridized carbons (Fsp3) is 0.517. The fourth-order valence-electron chi connectivity index (χ4n) is 5.20. The number of ether oxygens (including phenoxy) is 3. The lowest BCUT2D eigenvalue weighted by atomic mass is 9.84. The molecule has 2 aliphatic heterocycles. The average molecular weight is 513 g/mol. The van der Waals surface area contributed by atoms with E-state index in [1.807, 2.05) is 20.0 Å². The number of para-hydroxylation sites is 1. The molecule has 2 aliphatic rings. The molecule has 200 valence electrons. The smallest absolute Gasteiger partial charge is 0.414 e. The highest BCUT2D eigenvalue weighted by Gasteiger charge is 2.47. The molecule has 1 saturated heterocycles. The molecule has 0 aromatic heterocycles. The van der Waals surface area contributed by atoms with Gasteiger partial charge in [-0.2, -0.15) is 0 Å². The molecule has 0 radical (unpaired) electrons. The van der Waals surface area contributed by atoms with Crippen LogP contribution in [-0.4, -0.2) is 49.3 Å². The van der Waals surface area contributed by atoms with Crippen molar-refractivity contribution in [3.05, 3.63) is 52.8 Å². The number of carbonyl (C=O) groups excluding carboxylic acids is 2. The Morgan fingerprint density at radius 2 is 1.86 bits per heavy atom. The minimum atomic E-state index is -0.748. The van der Waals surface area contributed by atoms with Gasteiger partial charge in [-0.1, -0.05) is 31.5 Å². The largest absolute Gasteiger partial charge is 0.490 e. The van der Waals surface area contributed by atoms with Crippen LogP contribution in [0, 0.1) is 18.7 Å². The summed E-state index contributed by atoms with van der Waals surface area (Å²) in [5.41, 5.74) is 0.0354. The standard InChI is InChI=1S/C29H37FN2O5/c1-7-8-16-35-26-21(27(33)36-20-12-10-9-11-13-20)18(2)23(30)22-24-19(14-15-31(24)6)17-32(25(22)26)28(34)37-29(3,4)5/h9-13,19,24H,7-8,14-17H2,1-6H3. The SMILES string of the molecule is CCCCOc1c(C(=O)Oc2ccccc2)c(C)c(F)c2c1N(C(=O)OC(C)(C)C)CC1CCN(C)C21. The molecule has 2 atom stereocenters. The van der Waals surface area contributed by atoms with Gasteiger partial charge in [-0.05, 0) is 72.2 Å². The van der Waals surface area contributed by atoms with E-state index in [2.05, 4.69) is 4.90 Å². The number of unbranched alkanes of at least 4 members (excludes halogenated alkanes) is 1. The van der Waals surface area contributed by atoms with Crippen LogP contribution in [0.4, 0.5) is 14.9 Å². The molecule has 4 rings (SSSR count). The molecule has 0 aliphatic carbocycles. The van der Waals surface area contributed by atoms with Gasteiger partial charge in [0, 0.05) is 23.7 Å². The van der Waals surface area contributed by atoms with E-state index in [9.17, 15) is 9.59 Å². The number of hydrogen-bond acceptors (Lipinski definition) is 6.